The average molecular weight is 253 g/mol. The molecule has 2 fully saturated rings. The third kappa shape index (κ3) is 2.59. The van der Waals surface area contributed by atoms with E-state index in [1.165, 1.54) is 45.4 Å². The smallest absolute Gasteiger partial charge is 0.0363 e. The van der Waals surface area contributed by atoms with Gasteiger partial charge in [0.05, 0.1) is 0 Å². The fraction of sp³-hybridized carbons (Fsp3) is 1.00. The van der Waals surface area contributed by atoms with E-state index >= 15 is 0 Å². The zero-order chi connectivity index (χ0) is 13.4. The number of nitrogens with two attached hydrogens (primary N) is 1. The monoisotopic (exact) mass is 253 g/mol. The highest BCUT2D eigenvalue weighted by molar-refractivity contribution is 5.06. The molecule has 18 heavy (non-hydrogen) atoms. The van der Waals surface area contributed by atoms with Crippen LogP contribution in [-0.2, 0) is 0 Å². The van der Waals surface area contributed by atoms with Gasteiger partial charge in [0.25, 0.3) is 0 Å². The third-order valence-electron chi connectivity index (χ3n) is 5.26. The molecule has 2 N–H and O–H groups in total. The molecule has 0 aromatic carbocycles. The van der Waals surface area contributed by atoms with Crippen LogP contribution < -0.4 is 5.73 Å². The molecule has 0 aromatic heterocycles. The Morgan fingerprint density at radius 3 is 2.44 bits per heavy atom. The summed E-state index contributed by atoms with van der Waals surface area (Å²) in [6.45, 7) is 12.9. The van der Waals surface area contributed by atoms with Gasteiger partial charge in [-0.2, -0.15) is 0 Å². The van der Waals surface area contributed by atoms with E-state index in [4.69, 9.17) is 5.73 Å². The summed E-state index contributed by atoms with van der Waals surface area (Å²) in [5.74, 6) is 0.723. The molecule has 3 heteroatoms. The molecule has 2 rings (SSSR count). The second-order valence-corrected chi connectivity index (χ2v) is 7.40. The Hall–Kier alpha value is -0.120. The summed E-state index contributed by atoms with van der Waals surface area (Å²) in [6, 6.07) is 0. The summed E-state index contributed by atoms with van der Waals surface area (Å²) < 4.78 is 0. The normalized spacial score (nSPS) is 38.8. The lowest BCUT2D eigenvalue weighted by atomic mass is 9.84. The maximum atomic E-state index is 6.24. The van der Waals surface area contributed by atoms with E-state index in [0.29, 0.717) is 5.41 Å². The Balaban J connectivity index is 2.16. The van der Waals surface area contributed by atoms with Crippen molar-refractivity contribution in [3.8, 4) is 0 Å². The van der Waals surface area contributed by atoms with E-state index in [-0.39, 0.29) is 5.54 Å². The van der Waals surface area contributed by atoms with E-state index in [0.717, 1.165) is 12.5 Å². The standard InChI is InChI=1S/C15H31N3/c1-13-10-14(2,3)11-15(13,12-16)18-7-5-6-17(4)8-9-18/h13H,5-12,16H2,1-4H3. The van der Waals surface area contributed by atoms with Gasteiger partial charge >= 0.3 is 0 Å². The van der Waals surface area contributed by atoms with Gasteiger partial charge in [-0.15, -0.1) is 0 Å². The molecule has 0 radical (unpaired) electrons. The van der Waals surface area contributed by atoms with Crippen LogP contribution in [0.2, 0.25) is 0 Å². The molecular formula is C15H31N3. The van der Waals surface area contributed by atoms with Crippen LogP contribution in [-0.4, -0.2) is 55.1 Å². The van der Waals surface area contributed by atoms with Gasteiger partial charge in [-0.25, -0.2) is 0 Å². The highest BCUT2D eigenvalue weighted by atomic mass is 15.3. The van der Waals surface area contributed by atoms with Crippen molar-refractivity contribution in [2.24, 2.45) is 17.1 Å². The van der Waals surface area contributed by atoms with Crippen molar-refractivity contribution in [2.45, 2.75) is 45.6 Å². The van der Waals surface area contributed by atoms with Crippen LogP contribution in [0.1, 0.15) is 40.0 Å². The van der Waals surface area contributed by atoms with Crippen LogP contribution in [0.15, 0.2) is 0 Å². The Bertz CT molecular complexity index is 289. The topological polar surface area (TPSA) is 32.5 Å². The molecule has 1 aliphatic heterocycles. The Morgan fingerprint density at radius 1 is 1.17 bits per heavy atom. The summed E-state index contributed by atoms with van der Waals surface area (Å²) >= 11 is 0. The lowest BCUT2D eigenvalue weighted by Gasteiger charge is -2.44. The van der Waals surface area contributed by atoms with Crippen LogP contribution >= 0.6 is 0 Å². The largest absolute Gasteiger partial charge is 0.329 e. The first-order chi connectivity index (χ1) is 8.39. The molecule has 2 unspecified atom stereocenters. The number of hydrogen-bond acceptors (Lipinski definition) is 3. The van der Waals surface area contributed by atoms with Gasteiger partial charge in [-0.1, -0.05) is 20.8 Å². The first-order valence-electron chi connectivity index (χ1n) is 7.53. The van der Waals surface area contributed by atoms with E-state index in [9.17, 15) is 0 Å². The van der Waals surface area contributed by atoms with Crippen LogP contribution in [0.3, 0.4) is 0 Å². The second-order valence-electron chi connectivity index (χ2n) is 7.40. The van der Waals surface area contributed by atoms with Crippen molar-refractivity contribution in [3.05, 3.63) is 0 Å². The fourth-order valence-electron chi connectivity index (χ4n) is 4.41. The Labute approximate surface area is 113 Å². The molecule has 106 valence electrons. The maximum absolute atomic E-state index is 6.24. The molecular weight excluding hydrogens is 222 g/mol. The summed E-state index contributed by atoms with van der Waals surface area (Å²) in [4.78, 5) is 5.17. The van der Waals surface area contributed by atoms with Gasteiger partial charge in [0.15, 0.2) is 0 Å². The molecule has 1 heterocycles. The zero-order valence-electron chi connectivity index (χ0n) is 12.7. The molecule has 0 spiro atoms. The first kappa shape index (κ1) is 14.3. The van der Waals surface area contributed by atoms with Crippen LogP contribution in [0, 0.1) is 11.3 Å². The molecule has 2 aliphatic rings. The number of hydrogen-bond donors (Lipinski definition) is 1. The minimum Gasteiger partial charge on any atom is -0.329 e. The third-order valence-corrected chi connectivity index (χ3v) is 5.26. The van der Waals surface area contributed by atoms with Crippen LogP contribution in [0.4, 0.5) is 0 Å². The van der Waals surface area contributed by atoms with E-state index < -0.39 is 0 Å². The molecule has 2 atom stereocenters. The summed E-state index contributed by atoms with van der Waals surface area (Å²) in [6.07, 6.45) is 3.86. The quantitative estimate of drug-likeness (QED) is 0.814. The maximum Gasteiger partial charge on any atom is 0.0363 e. The number of likely N-dealkylation sites (N-methyl/N-ethyl adjacent to an activating group) is 1. The van der Waals surface area contributed by atoms with Gasteiger partial charge in [-0.05, 0) is 44.2 Å². The van der Waals surface area contributed by atoms with Gasteiger partial charge in [0, 0.05) is 31.7 Å². The Morgan fingerprint density at radius 2 is 1.89 bits per heavy atom. The average Bonchev–Trinajstić information content (AvgIpc) is 2.44. The fourth-order valence-corrected chi connectivity index (χ4v) is 4.41. The molecule has 0 bridgehead atoms. The predicted molar refractivity (Wildman–Crippen MR) is 77.7 cm³/mol. The SMILES string of the molecule is CC1CC(C)(C)CC1(CN)N1CCCN(C)CC1. The predicted octanol–water partition coefficient (Wildman–Crippen LogP) is 1.78. The van der Waals surface area contributed by atoms with E-state index in [1.807, 2.05) is 0 Å². The van der Waals surface area contributed by atoms with Gasteiger partial charge in [0.2, 0.25) is 0 Å². The highest BCUT2D eigenvalue weighted by Crippen LogP contribution is 2.50. The van der Waals surface area contributed by atoms with Crippen molar-refractivity contribution < 1.29 is 0 Å². The van der Waals surface area contributed by atoms with Gasteiger partial charge < -0.3 is 10.6 Å². The van der Waals surface area contributed by atoms with Crippen molar-refractivity contribution in [1.82, 2.24) is 9.80 Å². The molecule has 1 saturated heterocycles. The second kappa shape index (κ2) is 5.10. The van der Waals surface area contributed by atoms with E-state index in [1.54, 1.807) is 0 Å². The lowest BCUT2D eigenvalue weighted by molar-refractivity contribution is 0.0630. The van der Waals surface area contributed by atoms with Crippen molar-refractivity contribution >= 4 is 0 Å². The lowest BCUT2D eigenvalue weighted by Crippen LogP contribution is -2.57. The minimum atomic E-state index is 0.259. The van der Waals surface area contributed by atoms with Crippen molar-refractivity contribution in [2.75, 3.05) is 39.8 Å². The molecule has 0 aromatic rings. The van der Waals surface area contributed by atoms with Crippen LogP contribution in [0.5, 0.6) is 0 Å². The summed E-state index contributed by atoms with van der Waals surface area (Å²) in [7, 11) is 2.24. The number of nitrogens with zero attached hydrogens (tertiary/aromatic N) is 2. The van der Waals surface area contributed by atoms with E-state index in [2.05, 4.69) is 37.6 Å². The van der Waals surface area contributed by atoms with Crippen molar-refractivity contribution in [1.29, 1.82) is 0 Å². The van der Waals surface area contributed by atoms with Gasteiger partial charge in [0.1, 0.15) is 0 Å². The van der Waals surface area contributed by atoms with Gasteiger partial charge in [-0.3, -0.25) is 4.90 Å². The Kier molecular flexibility index (Phi) is 4.05. The minimum absolute atomic E-state index is 0.259. The summed E-state index contributed by atoms with van der Waals surface area (Å²) in [5, 5.41) is 0. The molecule has 0 amide bonds. The van der Waals surface area contributed by atoms with Crippen molar-refractivity contribution in [3.63, 3.8) is 0 Å². The molecule has 1 aliphatic carbocycles. The summed E-state index contributed by atoms with van der Waals surface area (Å²) in [5.41, 5.74) is 6.96. The number of rotatable bonds is 2. The van der Waals surface area contributed by atoms with Crippen LogP contribution in [0.25, 0.3) is 0 Å². The molecule has 3 nitrogen and oxygen atoms in total. The molecule has 1 saturated carbocycles. The highest BCUT2D eigenvalue weighted by Gasteiger charge is 2.50. The first-order valence-corrected chi connectivity index (χ1v) is 7.53. The zero-order valence-corrected chi connectivity index (χ0v) is 12.7.